The molecule has 0 aromatic heterocycles. The number of hydrogen-bond acceptors (Lipinski definition) is 4. The molecule has 110 valence electrons. The average molecular weight is 293 g/mol. The maximum absolute atomic E-state index is 12.6. The minimum absolute atomic E-state index is 0.294. The second-order valence-electron chi connectivity index (χ2n) is 6.04. The smallest absolute Gasteiger partial charge is 0.216 e. The number of carbonyl (C=O) groups is 2. The molecule has 0 amide bonds. The van der Waals surface area contributed by atoms with Gasteiger partial charge in [0.05, 0.1) is 0 Å². The fourth-order valence-corrected chi connectivity index (χ4v) is 3.41. The van der Waals surface area contributed by atoms with Gasteiger partial charge in [-0.3, -0.25) is 9.59 Å². The monoisotopic (exact) mass is 293 g/mol. The number of rotatable bonds is 1. The molecule has 2 aromatic rings. The Bertz CT molecular complexity index is 790. The second kappa shape index (κ2) is 4.27. The van der Waals surface area contributed by atoms with E-state index in [1.165, 1.54) is 0 Å². The van der Waals surface area contributed by atoms with Crippen LogP contribution in [0.4, 0.5) is 5.69 Å². The van der Waals surface area contributed by atoms with Crippen LogP contribution in [0.5, 0.6) is 0 Å². The first-order valence-electron chi connectivity index (χ1n) is 7.33. The van der Waals surface area contributed by atoms with Gasteiger partial charge in [-0.1, -0.05) is 30.3 Å². The van der Waals surface area contributed by atoms with Crippen LogP contribution in [-0.2, 0) is 12.0 Å². The molecule has 0 spiro atoms. The van der Waals surface area contributed by atoms with Gasteiger partial charge in [-0.25, -0.2) is 0 Å². The molecule has 0 fully saturated rings. The van der Waals surface area contributed by atoms with Gasteiger partial charge in [0.15, 0.2) is 0 Å². The van der Waals surface area contributed by atoms with Gasteiger partial charge in [-0.15, -0.1) is 0 Å². The molecule has 0 saturated heterocycles. The molecule has 0 bridgehead atoms. The first kappa shape index (κ1) is 13.2. The Balaban J connectivity index is 1.85. The van der Waals surface area contributed by atoms with Crippen molar-refractivity contribution in [3.05, 3.63) is 64.7 Å². The molecule has 1 heterocycles. The molecule has 1 aliphatic carbocycles. The van der Waals surface area contributed by atoms with Crippen LogP contribution in [0, 0.1) is 0 Å². The highest BCUT2D eigenvalue weighted by Crippen LogP contribution is 2.39. The highest BCUT2D eigenvalue weighted by atomic mass is 16.3. The third-order valence-corrected chi connectivity index (χ3v) is 4.52. The Hall–Kier alpha value is -2.46. The van der Waals surface area contributed by atoms with Gasteiger partial charge in [-0.2, -0.15) is 0 Å². The molecule has 1 aliphatic heterocycles. The van der Waals surface area contributed by atoms with Gasteiger partial charge >= 0.3 is 0 Å². The molecule has 0 saturated carbocycles. The van der Waals surface area contributed by atoms with E-state index in [9.17, 15) is 14.7 Å². The van der Waals surface area contributed by atoms with Crippen LogP contribution in [-0.4, -0.2) is 22.7 Å². The van der Waals surface area contributed by atoms with Gasteiger partial charge in [-0.05, 0) is 36.6 Å². The lowest BCUT2D eigenvalue weighted by Gasteiger charge is -2.20. The van der Waals surface area contributed by atoms with Crippen molar-refractivity contribution in [2.45, 2.75) is 25.0 Å². The first-order valence-corrected chi connectivity index (χ1v) is 7.33. The number of Topliss-reactive ketones (excluding diaryl/α,β-unsaturated/α-hetero) is 2. The summed E-state index contributed by atoms with van der Waals surface area (Å²) < 4.78 is 0. The summed E-state index contributed by atoms with van der Waals surface area (Å²) in [7, 11) is 0. The van der Waals surface area contributed by atoms with E-state index in [4.69, 9.17) is 0 Å². The second-order valence-corrected chi connectivity index (χ2v) is 6.04. The predicted molar refractivity (Wildman–Crippen MR) is 82.2 cm³/mol. The molecule has 22 heavy (non-hydrogen) atoms. The van der Waals surface area contributed by atoms with E-state index in [0.29, 0.717) is 22.7 Å². The van der Waals surface area contributed by atoms with Crippen molar-refractivity contribution in [2.75, 3.05) is 5.32 Å². The molecule has 2 aromatic carbocycles. The van der Waals surface area contributed by atoms with Crippen molar-refractivity contribution in [3.8, 4) is 0 Å². The lowest BCUT2D eigenvalue weighted by atomic mass is 9.87. The van der Waals surface area contributed by atoms with Crippen LogP contribution in [0.25, 0.3) is 0 Å². The van der Waals surface area contributed by atoms with E-state index in [-0.39, 0.29) is 0 Å². The predicted octanol–water partition coefficient (Wildman–Crippen LogP) is 2.31. The zero-order valence-electron chi connectivity index (χ0n) is 12.1. The fourth-order valence-electron chi connectivity index (χ4n) is 3.41. The molecule has 4 heteroatoms. The van der Waals surface area contributed by atoms with Crippen molar-refractivity contribution in [1.29, 1.82) is 0 Å². The molecule has 4 rings (SSSR count). The Morgan fingerprint density at radius 1 is 1.09 bits per heavy atom. The molecular weight excluding hydrogens is 278 g/mol. The third kappa shape index (κ3) is 1.56. The number of benzene rings is 2. The quantitative estimate of drug-likeness (QED) is 0.792. The summed E-state index contributed by atoms with van der Waals surface area (Å²) in [5.41, 5.74) is 0.868. The van der Waals surface area contributed by atoms with E-state index in [1.54, 1.807) is 36.4 Å². The number of fused-ring (bicyclic) bond motifs is 2. The summed E-state index contributed by atoms with van der Waals surface area (Å²) in [6.45, 7) is 2.07. The Kier molecular flexibility index (Phi) is 2.57. The van der Waals surface area contributed by atoms with Crippen molar-refractivity contribution >= 4 is 17.3 Å². The first-order chi connectivity index (χ1) is 10.5. The summed E-state index contributed by atoms with van der Waals surface area (Å²) in [5.74, 6) is -1.07. The van der Waals surface area contributed by atoms with Crippen molar-refractivity contribution in [1.82, 2.24) is 0 Å². The molecule has 2 aliphatic rings. The lowest BCUT2D eigenvalue weighted by molar-refractivity contribution is 0.0321. The number of anilines is 1. The van der Waals surface area contributed by atoms with Crippen LogP contribution < -0.4 is 5.32 Å². The van der Waals surface area contributed by atoms with Gasteiger partial charge in [0.1, 0.15) is 0 Å². The van der Waals surface area contributed by atoms with Crippen LogP contribution in [0.3, 0.4) is 0 Å². The van der Waals surface area contributed by atoms with Crippen LogP contribution in [0.15, 0.2) is 42.5 Å². The van der Waals surface area contributed by atoms with E-state index >= 15 is 0 Å². The minimum atomic E-state index is -2.09. The molecule has 0 radical (unpaired) electrons. The number of aliphatic hydroxyl groups is 1. The lowest BCUT2D eigenvalue weighted by Crippen LogP contribution is -2.38. The minimum Gasteiger partial charge on any atom is -0.382 e. The van der Waals surface area contributed by atoms with Crippen molar-refractivity contribution < 1.29 is 14.7 Å². The number of ketones is 2. The Labute approximate surface area is 127 Å². The maximum Gasteiger partial charge on any atom is 0.216 e. The van der Waals surface area contributed by atoms with Gasteiger partial charge in [0.2, 0.25) is 17.2 Å². The molecule has 2 N–H and O–H groups in total. The largest absolute Gasteiger partial charge is 0.382 e. The van der Waals surface area contributed by atoms with E-state index < -0.39 is 17.2 Å². The molecule has 0 unspecified atom stereocenters. The van der Waals surface area contributed by atoms with Crippen LogP contribution >= 0.6 is 0 Å². The van der Waals surface area contributed by atoms with Gasteiger partial charge in [0.25, 0.3) is 0 Å². The molecule has 1 atom stereocenters. The van der Waals surface area contributed by atoms with Gasteiger partial charge in [0, 0.05) is 22.9 Å². The van der Waals surface area contributed by atoms with E-state index in [1.807, 2.05) is 6.07 Å². The number of hydrogen-bond donors (Lipinski definition) is 2. The summed E-state index contributed by atoms with van der Waals surface area (Å²) in [6, 6.07) is 12.1. The Morgan fingerprint density at radius 3 is 2.36 bits per heavy atom. The SMILES string of the molecule is C[C@@H]1Cc2cc(C3(O)C(=O)c4ccccc4C3=O)ccc2N1. The summed E-state index contributed by atoms with van der Waals surface area (Å²) >= 11 is 0. The number of nitrogens with one attached hydrogen (secondary N) is 1. The van der Waals surface area contributed by atoms with Crippen LogP contribution in [0.1, 0.15) is 38.8 Å². The van der Waals surface area contributed by atoms with E-state index in [2.05, 4.69) is 12.2 Å². The van der Waals surface area contributed by atoms with Gasteiger partial charge < -0.3 is 10.4 Å². The summed E-state index contributed by atoms with van der Waals surface area (Å²) in [5, 5.41) is 14.2. The maximum atomic E-state index is 12.6. The molecular formula is C18H15NO3. The normalized spacial score (nSPS) is 21.5. The highest BCUT2D eigenvalue weighted by molar-refractivity contribution is 6.31. The zero-order valence-corrected chi connectivity index (χ0v) is 12.1. The average Bonchev–Trinajstić information content (AvgIpc) is 2.99. The number of carbonyl (C=O) groups excluding carboxylic acids is 2. The summed E-state index contributed by atoms with van der Waals surface area (Å²) in [6.07, 6.45) is 0.814. The standard InChI is InChI=1S/C18H15NO3/c1-10-8-11-9-12(6-7-15(11)19-10)18(22)16(20)13-4-2-3-5-14(13)17(18)21/h2-7,9-10,19,22H,8H2,1H3/t10-/m1/s1. The van der Waals surface area contributed by atoms with E-state index in [0.717, 1.165) is 17.7 Å². The topological polar surface area (TPSA) is 66.4 Å². The van der Waals surface area contributed by atoms with Crippen molar-refractivity contribution in [3.63, 3.8) is 0 Å². The van der Waals surface area contributed by atoms with Crippen LogP contribution in [0.2, 0.25) is 0 Å². The Morgan fingerprint density at radius 2 is 1.73 bits per heavy atom. The third-order valence-electron chi connectivity index (χ3n) is 4.52. The summed E-state index contributed by atoms with van der Waals surface area (Å²) in [4.78, 5) is 25.2. The zero-order chi connectivity index (χ0) is 15.5. The molecule has 4 nitrogen and oxygen atoms in total. The fraction of sp³-hybridized carbons (Fsp3) is 0.222. The highest BCUT2D eigenvalue weighted by Gasteiger charge is 2.53. The van der Waals surface area contributed by atoms with Crippen molar-refractivity contribution in [2.24, 2.45) is 0 Å².